The molecule has 1 saturated heterocycles. The normalized spacial score (nSPS) is 15.3. The van der Waals surface area contributed by atoms with Gasteiger partial charge in [-0.1, -0.05) is 0 Å². The summed E-state index contributed by atoms with van der Waals surface area (Å²) in [5, 5.41) is 0. The summed E-state index contributed by atoms with van der Waals surface area (Å²) >= 11 is 0. The van der Waals surface area contributed by atoms with Crippen LogP contribution in [0.1, 0.15) is 0 Å². The zero-order chi connectivity index (χ0) is 7.68. The first-order chi connectivity index (χ1) is 5.36. The molecule has 1 aliphatic heterocycles. The van der Waals surface area contributed by atoms with Crippen LogP contribution in [0.25, 0.3) is 0 Å². The molecule has 74 valence electrons. The van der Waals surface area contributed by atoms with E-state index in [4.69, 9.17) is 5.73 Å². The fraction of sp³-hybridized carbons (Fsp3) is 0.375. The van der Waals surface area contributed by atoms with Crippen LogP contribution in [0, 0.1) is 0 Å². The predicted octanol–water partition coefficient (Wildman–Crippen LogP) is 1.07. The van der Waals surface area contributed by atoms with Gasteiger partial charge in [-0.25, -0.2) is 0 Å². The van der Waals surface area contributed by atoms with E-state index in [-0.39, 0.29) is 24.8 Å². The van der Waals surface area contributed by atoms with E-state index in [2.05, 4.69) is 16.0 Å². The molecule has 0 amide bonds. The van der Waals surface area contributed by atoms with Gasteiger partial charge in [0.1, 0.15) is 0 Å². The zero-order valence-electron chi connectivity index (χ0n) is 7.09. The van der Waals surface area contributed by atoms with Gasteiger partial charge in [0.05, 0.1) is 11.9 Å². The van der Waals surface area contributed by atoms with Crippen LogP contribution in [0.3, 0.4) is 0 Å². The number of hydrogen-bond acceptors (Lipinski definition) is 3. The highest BCUT2D eigenvalue weighted by Crippen LogP contribution is 2.17. The fourth-order valence-electron chi connectivity index (χ4n) is 1.26. The molecule has 1 fully saturated rings. The van der Waals surface area contributed by atoms with E-state index in [9.17, 15) is 0 Å². The van der Waals surface area contributed by atoms with Gasteiger partial charge in [-0.05, 0) is 12.1 Å². The molecule has 2 N–H and O–H groups in total. The van der Waals surface area contributed by atoms with E-state index >= 15 is 0 Å². The third-order valence-corrected chi connectivity index (χ3v) is 1.92. The highest BCUT2D eigenvalue weighted by molar-refractivity contribution is 5.85. The Morgan fingerprint density at radius 1 is 1.38 bits per heavy atom. The van der Waals surface area contributed by atoms with Crippen LogP contribution in [-0.2, 0) is 0 Å². The average molecular weight is 222 g/mol. The number of nitrogens with zero attached hydrogens (tertiary/aromatic N) is 2. The minimum Gasteiger partial charge on any atom is -0.367 e. The highest BCUT2D eigenvalue weighted by atomic mass is 35.5. The second-order valence-corrected chi connectivity index (χ2v) is 2.88. The van der Waals surface area contributed by atoms with Gasteiger partial charge in [0.2, 0.25) is 0 Å². The Balaban J connectivity index is 0.000000720. The smallest absolute Gasteiger partial charge is 0.0553 e. The fourth-order valence-corrected chi connectivity index (χ4v) is 1.26. The predicted molar refractivity (Wildman–Crippen MR) is 58.9 cm³/mol. The average Bonchev–Trinajstić information content (AvgIpc) is 2.01. The summed E-state index contributed by atoms with van der Waals surface area (Å²) in [6.07, 6.45) is 3.65. The number of pyridine rings is 1. The van der Waals surface area contributed by atoms with Crippen LogP contribution >= 0.6 is 24.8 Å². The van der Waals surface area contributed by atoms with Crippen molar-refractivity contribution in [1.82, 2.24) is 4.98 Å². The van der Waals surface area contributed by atoms with Gasteiger partial charge in [0, 0.05) is 25.3 Å². The van der Waals surface area contributed by atoms with E-state index < -0.39 is 0 Å². The zero-order valence-corrected chi connectivity index (χ0v) is 8.72. The van der Waals surface area contributed by atoms with Crippen molar-refractivity contribution in [3.63, 3.8) is 0 Å². The molecule has 0 atom stereocenters. The van der Waals surface area contributed by atoms with Crippen LogP contribution in [0.2, 0.25) is 0 Å². The van der Waals surface area contributed by atoms with Gasteiger partial charge in [-0.3, -0.25) is 4.98 Å². The lowest BCUT2D eigenvalue weighted by atomic mass is 10.1. The lowest BCUT2D eigenvalue weighted by Crippen LogP contribution is -2.55. The Labute approximate surface area is 90.1 Å². The first-order valence-electron chi connectivity index (χ1n) is 3.77. The van der Waals surface area contributed by atoms with Crippen molar-refractivity contribution in [3.05, 3.63) is 24.5 Å². The van der Waals surface area contributed by atoms with Crippen LogP contribution in [-0.4, -0.2) is 24.1 Å². The van der Waals surface area contributed by atoms with Crippen molar-refractivity contribution in [2.24, 2.45) is 5.73 Å². The van der Waals surface area contributed by atoms with Crippen LogP contribution in [0.5, 0.6) is 0 Å². The summed E-state index contributed by atoms with van der Waals surface area (Å²) in [5.41, 5.74) is 6.82. The molecule has 3 nitrogen and oxygen atoms in total. The highest BCUT2D eigenvalue weighted by Gasteiger charge is 2.22. The molecule has 0 bridgehead atoms. The van der Waals surface area contributed by atoms with Crippen LogP contribution < -0.4 is 10.6 Å². The Bertz CT molecular complexity index is 236. The van der Waals surface area contributed by atoms with Gasteiger partial charge in [0.25, 0.3) is 0 Å². The van der Waals surface area contributed by atoms with Gasteiger partial charge in [-0.15, -0.1) is 24.8 Å². The van der Waals surface area contributed by atoms with Crippen molar-refractivity contribution >= 4 is 30.5 Å². The van der Waals surface area contributed by atoms with E-state index in [1.54, 1.807) is 6.20 Å². The Morgan fingerprint density at radius 3 is 2.54 bits per heavy atom. The monoisotopic (exact) mass is 221 g/mol. The summed E-state index contributed by atoms with van der Waals surface area (Å²) < 4.78 is 0. The van der Waals surface area contributed by atoms with Crippen molar-refractivity contribution in [1.29, 1.82) is 0 Å². The quantitative estimate of drug-likeness (QED) is 0.772. The van der Waals surface area contributed by atoms with Crippen molar-refractivity contribution in [2.75, 3.05) is 18.0 Å². The number of aromatic nitrogens is 1. The van der Waals surface area contributed by atoms with Gasteiger partial charge in [-0.2, -0.15) is 0 Å². The number of nitrogens with two attached hydrogens (primary N) is 1. The van der Waals surface area contributed by atoms with Gasteiger partial charge in [0.15, 0.2) is 0 Å². The molecule has 0 unspecified atom stereocenters. The van der Waals surface area contributed by atoms with Crippen LogP contribution in [0.15, 0.2) is 24.5 Å². The number of anilines is 1. The molecular formula is C8H13Cl2N3. The third-order valence-electron chi connectivity index (χ3n) is 1.92. The molecule has 13 heavy (non-hydrogen) atoms. The first kappa shape index (κ1) is 12.5. The Kier molecular flexibility index (Phi) is 5.06. The van der Waals surface area contributed by atoms with Crippen LogP contribution in [0.4, 0.5) is 5.69 Å². The first-order valence-corrected chi connectivity index (χ1v) is 3.77. The Hall–Kier alpha value is -0.510. The molecule has 0 saturated carbocycles. The van der Waals surface area contributed by atoms with Crippen molar-refractivity contribution < 1.29 is 0 Å². The summed E-state index contributed by atoms with van der Waals surface area (Å²) in [6.45, 7) is 1.93. The summed E-state index contributed by atoms with van der Waals surface area (Å²) in [5.74, 6) is 0. The molecule has 1 aromatic rings. The largest absolute Gasteiger partial charge is 0.367 e. The van der Waals surface area contributed by atoms with E-state index in [1.165, 1.54) is 5.69 Å². The molecule has 0 aliphatic carbocycles. The topological polar surface area (TPSA) is 42.1 Å². The maximum atomic E-state index is 5.64. The molecule has 2 rings (SSSR count). The summed E-state index contributed by atoms with van der Waals surface area (Å²) in [4.78, 5) is 6.25. The lowest BCUT2D eigenvalue weighted by molar-refractivity contribution is 0.519. The molecular weight excluding hydrogens is 209 g/mol. The molecule has 2 heterocycles. The van der Waals surface area contributed by atoms with Gasteiger partial charge >= 0.3 is 0 Å². The lowest BCUT2D eigenvalue weighted by Gasteiger charge is -2.38. The second kappa shape index (κ2) is 5.27. The number of hydrogen-bond donors (Lipinski definition) is 1. The van der Waals surface area contributed by atoms with Crippen molar-refractivity contribution in [3.8, 4) is 0 Å². The van der Waals surface area contributed by atoms with Gasteiger partial charge < -0.3 is 10.6 Å². The standard InChI is InChI=1S/C8H11N3.2ClH/c9-7-5-11(6-7)8-2-1-3-10-4-8;;/h1-4,7H,5-6,9H2;2*1H. The van der Waals surface area contributed by atoms with Crippen molar-refractivity contribution in [2.45, 2.75) is 6.04 Å². The summed E-state index contributed by atoms with van der Waals surface area (Å²) in [6, 6.07) is 4.35. The molecule has 1 aliphatic rings. The molecule has 5 heteroatoms. The van der Waals surface area contributed by atoms with E-state index in [0.29, 0.717) is 6.04 Å². The number of rotatable bonds is 1. The maximum Gasteiger partial charge on any atom is 0.0553 e. The summed E-state index contributed by atoms with van der Waals surface area (Å²) in [7, 11) is 0. The minimum atomic E-state index is 0. The SMILES string of the molecule is Cl.Cl.NC1CN(c2cccnc2)C1. The van der Waals surface area contributed by atoms with E-state index in [0.717, 1.165) is 13.1 Å². The molecule has 0 aromatic carbocycles. The number of halogens is 2. The molecule has 0 spiro atoms. The minimum absolute atomic E-state index is 0. The second-order valence-electron chi connectivity index (χ2n) is 2.88. The Morgan fingerprint density at radius 2 is 2.08 bits per heavy atom. The maximum absolute atomic E-state index is 5.64. The molecule has 0 radical (unpaired) electrons. The third kappa shape index (κ3) is 2.72. The molecule has 1 aromatic heterocycles. The van der Waals surface area contributed by atoms with E-state index in [1.807, 2.05) is 12.3 Å².